The average molecular weight is 312 g/mol. The third-order valence-corrected chi connectivity index (χ3v) is 3.79. The Morgan fingerprint density at radius 3 is 2.38 bits per heavy atom. The van der Waals surface area contributed by atoms with Crippen molar-refractivity contribution in [3.05, 3.63) is 66.4 Å². The first-order valence-electron chi connectivity index (χ1n) is 7.39. The molecule has 4 aromatic rings. The summed E-state index contributed by atoms with van der Waals surface area (Å²) in [6, 6.07) is 11.7. The molecule has 0 saturated heterocycles. The molecule has 6 heteroatoms. The molecule has 114 valence electrons. The Kier molecular flexibility index (Phi) is 3.25. The maximum atomic E-state index is 9.68. The van der Waals surface area contributed by atoms with Gasteiger partial charge in [0.15, 0.2) is 11.5 Å². The third kappa shape index (κ3) is 2.20. The lowest BCUT2D eigenvalue weighted by Gasteiger charge is -2.07. The van der Waals surface area contributed by atoms with Crippen LogP contribution in [0, 0.1) is 18.3 Å². The van der Waals surface area contributed by atoms with Crippen LogP contribution >= 0.6 is 0 Å². The minimum Gasteiger partial charge on any atom is -0.264 e. The molecule has 0 atom stereocenters. The Balaban J connectivity index is 2.01. The smallest absolute Gasteiger partial charge is 0.183 e. The van der Waals surface area contributed by atoms with E-state index in [0.29, 0.717) is 17.0 Å². The summed E-state index contributed by atoms with van der Waals surface area (Å²) in [5.74, 6) is 0.547. The Hall–Kier alpha value is -3.59. The number of rotatable bonds is 2. The highest BCUT2D eigenvalue weighted by Crippen LogP contribution is 2.28. The van der Waals surface area contributed by atoms with Crippen molar-refractivity contribution in [3.8, 4) is 28.6 Å². The second-order valence-corrected chi connectivity index (χ2v) is 5.34. The van der Waals surface area contributed by atoms with E-state index in [2.05, 4.69) is 26.1 Å². The van der Waals surface area contributed by atoms with Crippen molar-refractivity contribution in [2.45, 2.75) is 6.92 Å². The largest absolute Gasteiger partial charge is 0.264 e. The number of nitriles is 1. The summed E-state index contributed by atoms with van der Waals surface area (Å²) in [5, 5.41) is 14.2. The average Bonchev–Trinajstić information content (AvgIpc) is 3.09. The number of aromatic nitrogens is 5. The SMILES string of the molecule is Cc1cc(-c2cccnc2)c(C#N)c2nc(-c3cccnc3)nn12. The van der Waals surface area contributed by atoms with Gasteiger partial charge in [-0.3, -0.25) is 9.97 Å². The highest BCUT2D eigenvalue weighted by molar-refractivity contribution is 5.78. The lowest BCUT2D eigenvalue weighted by molar-refractivity contribution is 0.917. The lowest BCUT2D eigenvalue weighted by atomic mass is 10.0. The molecule has 0 radical (unpaired) electrons. The predicted molar refractivity (Wildman–Crippen MR) is 88.9 cm³/mol. The molecule has 0 aromatic carbocycles. The molecule has 4 rings (SSSR count). The minimum absolute atomic E-state index is 0.483. The minimum atomic E-state index is 0.483. The predicted octanol–water partition coefficient (Wildman–Crippen LogP) is 3.03. The summed E-state index contributed by atoms with van der Waals surface area (Å²) >= 11 is 0. The topological polar surface area (TPSA) is 79.8 Å². The van der Waals surface area contributed by atoms with Gasteiger partial charge in [0.1, 0.15) is 11.6 Å². The second kappa shape index (κ2) is 5.56. The molecule has 4 heterocycles. The molecule has 0 aliphatic rings. The second-order valence-electron chi connectivity index (χ2n) is 5.34. The molecule has 0 saturated carbocycles. The van der Waals surface area contributed by atoms with Gasteiger partial charge in [0, 0.05) is 47.2 Å². The van der Waals surface area contributed by atoms with Gasteiger partial charge in [-0.05, 0) is 31.2 Å². The maximum Gasteiger partial charge on any atom is 0.183 e. The van der Waals surface area contributed by atoms with Crippen LogP contribution in [-0.2, 0) is 0 Å². The zero-order chi connectivity index (χ0) is 16.5. The first kappa shape index (κ1) is 14.0. The van der Waals surface area contributed by atoms with Gasteiger partial charge in [-0.2, -0.15) is 5.26 Å². The standard InChI is InChI=1S/C18H12N6/c1-12-8-15(13-4-2-6-20-10-13)16(9-19)18-22-17(23-24(12)18)14-5-3-7-21-11-14/h2-8,10-11H,1H3. The fourth-order valence-corrected chi connectivity index (χ4v) is 2.66. The van der Waals surface area contributed by atoms with Crippen molar-refractivity contribution in [1.82, 2.24) is 24.6 Å². The van der Waals surface area contributed by atoms with Gasteiger partial charge in [0.2, 0.25) is 0 Å². The first-order chi connectivity index (χ1) is 11.8. The van der Waals surface area contributed by atoms with Crippen LogP contribution in [0.3, 0.4) is 0 Å². The Morgan fingerprint density at radius 2 is 1.75 bits per heavy atom. The third-order valence-electron chi connectivity index (χ3n) is 3.79. The molecule has 0 N–H and O–H groups in total. The van der Waals surface area contributed by atoms with E-state index in [1.807, 2.05) is 37.3 Å². The molecular formula is C18H12N6. The van der Waals surface area contributed by atoms with E-state index in [4.69, 9.17) is 0 Å². The molecule has 0 unspecified atom stereocenters. The molecule has 6 nitrogen and oxygen atoms in total. The molecule has 0 amide bonds. The molecule has 24 heavy (non-hydrogen) atoms. The monoisotopic (exact) mass is 312 g/mol. The Bertz CT molecular complexity index is 1060. The van der Waals surface area contributed by atoms with Crippen LogP contribution in [0.25, 0.3) is 28.2 Å². The molecule has 4 aromatic heterocycles. The van der Waals surface area contributed by atoms with Crippen molar-refractivity contribution in [3.63, 3.8) is 0 Å². The molecule has 0 bridgehead atoms. The van der Waals surface area contributed by atoms with Crippen molar-refractivity contribution in [1.29, 1.82) is 5.26 Å². The van der Waals surface area contributed by atoms with Gasteiger partial charge in [0.25, 0.3) is 0 Å². The van der Waals surface area contributed by atoms with Gasteiger partial charge in [0.05, 0.1) is 0 Å². The normalized spacial score (nSPS) is 10.7. The number of aryl methyl sites for hydroxylation is 1. The maximum absolute atomic E-state index is 9.68. The van der Waals surface area contributed by atoms with Gasteiger partial charge in [-0.15, -0.1) is 5.10 Å². The zero-order valence-corrected chi connectivity index (χ0v) is 12.9. The summed E-state index contributed by atoms with van der Waals surface area (Å²) in [4.78, 5) is 12.8. The van der Waals surface area contributed by atoms with Crippen molar-refractivity contribution >= 4 is 5.65 Å². The Labute approximate surface area is 138 Å². The number of hydrogen-bond acceptors (Lipinski definition) is 5. The van der Waals surface area contributed by atoms with E-state index in [1.54, 1.807) is 29.3 Å². The van der Waals surface area contributed by atoms with E-state index >= 15 is 0 Å². The van der Waals surface area contributed by atoms with Crippen molar-refractivity contribution in [2.24, 2.45) is 0 Å². The van der Waals surface area contributed by atoms with Gasteiger partial charge in [-0.1, -0.05) is 6.07 Å². The number of fused-ring (bicyclic) bond motifs is 1. The van der Waals surface area contributed by atoms with E-state index in [-0.39, 0.29) is 0 Å². The summed E-state index contributed by atoms with van der Waals surface area (Å²) in [6.45, 7) is 1.94. The van der Waals surface area contributed by atoms with Crippen LogP contribution in [0.1, 0.15) is 11.3 Å². The highest BCUT2D eigenvalue weighted by atomic mass is 15.3. The van der Waals surface area contributed by atoms with Crippen LogP contribution in [0.5, 0.6) is 0 Å². The van der Waals surface area contributed by atoms with Crippen molar-refractivity contribution in [2.75, 3.05) is 0 Å². The van der Waals surface area contributed by atoms with Crippen LogP contribution in [0.2, 0.25) is 0 Å². The van der Waals surface area contributed by atoms with E-state index in [1.165, 1.54) is 0 Å². The van der Waals surface area contributed by atoms with E-state index in [0.717, 1.165) is 22.4 Å². The van der Waals surface area contributed by atoms with Crippen LogP contribution in [-0.4, -0.2) is 24.6 Å². The summed E-state index contributed by atoms with van der Waals surface area (Å²) in [6.07, 6.45) is 6.85. The van der Waals surface area contributed by atoms with Crippen LogP contribution < -0.4 is 0 Å². The van der Waals surface area contributed by atoms with E-state index in [9.17, 15) is 5.26 Å². The summed E-state index contributed by atoms with van der Waals surface area (Å²) in [5.41, 5.74) is 4.41. The van der Waals surface area contributed by atoms with Gasteiger partial charge in [-0.25, -0.2) is 9.50 Å². The van der Waals surface area contributed by atoms with Gasteiger partial charge >= 0.3 is 0 Å². The molecule has 0 aliphatic heterocycles. The number of pyridine rings is 3. The quantitative estimate of drug-likeness (QED) is 0.568. The molecular weight excluding hydrogens is 300 g/mol. The molecule has 0 spiro atoms. The summed E-state index contributed by atoms with van der Waals surface area (Å²) in [7, 11) is 0. The van der Waals surface area contributed by atoms with Crippen molar-refractivity contribution < 1.29 is 0 Å². The molecule has 0 aliphatic carbocycles. The van der Waals surface area contributed by atoms with Gasteiger partial charge < -0.3 is 0 Å². The fraction of sp³-hybridized carbons (Fsp3) is 0.0556. The lowest BCUT2D eigenvalue weighted by Crippen LogP contribution is -1.99. The number of nitrogens with zero attached hydrogens (tertiary/aromatic N) is 6. The first-order valence-corrected chi connectivity index (χ1v) is 7.39. The van der Waals surface area contributed by atoms with Crippen LogP contribution in [0.4, 0.5) is 0 Å². The Morgan fingerprint density at radius 1 is 1.04 bits per heavy atom. The molecule has 0 fully saturated rings. The van der Waals surface area contributed by atoms with Crippen LogP contribution in [0.15, 0.2) is 55.1 Å². The number of hydrogen-bond donors (Lipinski definition) is 0. The highest BCUT2D eigenvalue weighted by Gasteiger charge is 2.17. The fourth-order valence-electron chi connectivity index (χ4n) is 2.66. The summed E-state index contributed by atoms with van der Waals surface area (Å²) < 4.78 is 1.70. The van der Waals surface area contributed by atoms with E-state index < -0.39 is 0 Å². The zero-order valence-electron chi connectivity index (χ0n) is 12.9.